The van der Waals surface area contributed by atoms with Crippen molar-refractivity contribution in [3.63, 3.8) is 0 Å². The second-order valence-electron chi connectivity index (χ2n) is 1.67. The van der Waals surface area contributed by atoms with Crippen LogP contribution in [0.4, 0.5) is 0 Å². The summed E-state index contributed by atoms with van der Waals surface area (Å²) in [4.78, 5) is 10.5. The molecule has 2 N–H and O–H groups in total. The molecular formula is C5H6N2O2. The van der Waals surface area contributed by atoms with Crippen molar-refractivity contribution in [3.8, 4) is 0 Å². The van der Waals surface area contributed by atoms with Crippen LogP contribution < -0.4 is 5.63 Å². The summed E-state index contributed by atoms with van der Waals surface area (Å²) in [6, 6.07) is 0. The van der Waals surface area contributed by atoms with Crippen molar-refractivity contribution in [3.05, 3.63) is 21.7 Å². The Bertz CT molecular complexity index is 271. The number of hydrogen-bond donors (Lipinski definition) is 2. The summed E-state index contributed by atoms with van der Waals surface area (Å²) in [5.41, 5.74) is 0.396. The molecule has 4 heteroatoms. The van der Waals surface area contributed by atoms with Gasteiger partial charge in [0.15, 0.2) is 0 Å². The maximum Gasteiger partial charge on any atom is 0.366 e. The molecule has 0 spiro atoms. The van der Waals surface area contributed by atoms with Gasteiger partial charge in [-0.2, -0.15) is 0 Å². The van der Waals surface area contributed by atoms with Crippen LogP contribution in [0.3, 0.4) is 0 Å². The van der Waals surface area contributed by atoms with E-state index in [1.807, 2.05) is 0 Å². The van der Waals surface area contributed by atoms with E-state index in [-0.39, 0.29) is 5.56 Å². The smallest absolute Gasteiger partial charge is 0.338 e. The molecule has 0 aromatic carbocycles. The summed E-state index contributed by atoms with van der Waals surface area (Å²) in [5, 5.41) is 9.09. The minimum Gasteiger partial charge on any atom is -0.338 e. The van der Waals surface area contributed by atoms with Gasteiger partial charge in [-0.25, -0.2) is 9.95 Å². The Morgan fingerprint density at radius 2 is 2.44 bits per heavy atom. The minimum absolute atomic E-state index is 0.287. The number of aryl methyl sites for hydroxylation is 1. The second-order valence-corrected chi connectivity index (χ2v) is 1.67. The third-order valence-corrected chi connectivity index (χ3v) is 1.07. The molecule has 0 aliphatic heterocycles. The summed E-state index contributed by atoms with van der Waals surface area (Å²) in [7, 11) is 0. The Kier molecular flexibility index (Phi) is 1.22. The van der Waals surface area contributed by atoms with Crippen LogP contribution >= 0.6 is 0 Å². The highest BCUT2D eigenvalue weighted by Gasteiger charge is 2.02. The molecule has 0 bridgehead atoms. The van der Waals surface area contributed by atoms with Gasteiger partial charge < -0.3 is 9.93 Å². The molecule has 0 fully saturated rings. The first-order valence-corrected chi connectivity index (χ1v) is 2.44. The largest absolute Gasteiger partial charge is 0.366 e. The van der Waals surface area contributed by atoms with Crippen LogP contribution in [0, 0.1) is 12.3 Å². The first-order valence-electron chi connectivity index (χ1n) is 2.44. The van der Waals surface area contributed by atoms with Crippen LogP contribution in [0.2, 0.25) is 0 Å². The monoisotopic (exact) mass is 126 g/mol. The van der Waals surface area contributed by atoms with Gasteiger partial charge in [0.25, 0.3) is 0 Å². The lowest BCUT2D eigenvalue weighted by molar-refractivity contribution is 0.387. The van der Waals surface area contributed by atoms with Gasteiger partial charge in [0.1, 0.15) is 5.56 Å². The van der Waals surface area contributed by atoms with Gasteiger partial charge in [-0.15, -0.1) is 0 Å². The van der Waals surface area contributed by atoms with E-state index < -0.39 is 5.63 Å². The van der Waals surface area contributed by atoms with E-state index in [0.717, 1.165) is 6.21 Å². The average molecular weight is 126 g/mol. The average Bonchev–Trinajstić information content (AvgIpc) is 2.12. The van der Waals surface area contributed by atoms with E-state index in [4.69, 9.17) is 5.41 Å². The molecular weight excluding hydrogens is 120 g/mol. The number of hydrogen-bond acceptors (Lipinski definition) is 3. The lowest BCUT2D eigenvalue weighted by Crippen LogP contribution is -1.99. The zero-order valence-corrected chi connectivity index (χ0v) is 4.89. The predicted molar refractivity (Wildman–Crippen MR) is 32.0 cm³/mol. The van der Waals surface area contributed by atoms with Crippen LogP contribution in [-0.2, 0) is 0 Å². The van der Waals surface area contributed by atoms with E-state index in [0.29, 0.717) is 5.69 Å². The van der Waals surface area contributed by atoms with E-state index in [9.17, 15) is 4.79 Å². The Hall–Kier alpha value is -1.32. The van der Waals surface area contributed by atoms with Crippen LogP contribution in [0.15, 0.2) is 9.32 Å². The van der Waals surface area contributed by atoms with Gasteiger partial charge in [-0.3, -0.25) is 0 Å². The standard InChI is InChI=1S/C5H6N2O2/c1-3-4(2-6)5(8)9-7-3/h2,6-7H,1H3. The van der Waals surface area contributed by atoms with Crippen LogP contribution in [0.1, 0.15) is 11.3 Å². The number of aromatic amines is 1. The maximum atomic E-state index is 10.5. The third kappa shape index (κ3) is 0.782. The SMILES string of the molecule is Cc1[nH]oc(=O)c1C=N. The third-order valence-electron chi connectivity index (χ3n) is 1.07. The molecule has 0 unspecified atom stereocenters. The molecule has 9 heavy (non-hydrogen) atoms. The summed E-state index contributed by atoms with van der Waals surface area (Å²) in [6.45, 7) is 1.67. The highest BCUT2D eigenvalue weighted by Crippen LogP contribution is 1.92. The fourth-order valence-corrected chi connectivity index (χ4v) is 0.553. The zero-order valence-electron chi connectivity index (χ0n) is 4.89. The predicted octanol–water partition coefficient (Wildman–Crippen LogP) is 0.274. The molecule has 0 amide bonds. The van der Waals surface area contributed by atoms with Gasteiger partial charge in [-0.05, 0) is 6.92 Å². The van der Waals surface area contributed by atoms with Crippen molar-refractivity contribution in [1.29, 1.82) is 5.41 Å². The van der Waals surface area contributed by atoms with Crippen molar-refractivity contribution >= 4 is 6.21 Å². The molecule has 0 radical (unpaired) electrons. The fourth-order valence-electron chi connectivity index (χ4n) is 0.553. The molecule has 1 aromatic heterocycles. The van der Waals surface area contributed by atoms with Crippen molar-refractivity contribution in [2.75, 3.05) is 0 Å². The van der Waals surface area contributed by atoms with Gasteiger partial charge in [0.2, 0.25) is 0 Å². The summed E-state index contributed by atoms with van der Waals surface area (Å²) < 4.78 is 4.35. The fraction of sp³-hybridized carbons (Fsp3) is 0.200. The number of aromatic nitrogens is 1. The van der Waals surface area contributed by atoms with Gasteiger partial charge in [0, 0.05) is 6.21 Å². The Morgan fingerprint density at radius 3 is 2.67 bits per heavy atom. The maximum absolute atomic E-state index is 10.5. The van der Waals surface area contributed by atoms with E-state index in [1.54, 1.807) is 6.92 Å². The van der Waals surface area contributed by atoms with E-state index in [1.165, 1.54) is 0 Å². The minimum atomic E-state index is -0.484. The summed E-state index contributed by atoms with van der Waals surface area (Å²) in [5.74, 6) is 0. The van der Waals surface area contributed by atoms with Crippen molar-refractivity contribution in [1.82, 2.24) is 5.16 Å². The molecule has 1 aromatic rings. The Morgan fingerprint density at radius 1 is 1.78 bits per heavy atom. The second kappa shape index (κ2) is 1.89. The Balaban J connectivity index is 3.40. The topological polar surface area (TPSA) is 69.8 Å². The molecule has 1 heterocycles. The number of rotatable bonds is 1. The normalized spacial score (nSPS) is 9.44. The van der Waals surface area contributed by atoms with Gasteiger partial charge in [-0.1, -0.05) is 0 Å². The summed E-state index contributed by atoms with van der Waals surface area (Å²) in [6.07, 6.45) is 0.970. The first-order chi connectivity index (χ1) is 4.25. The molecule has 0 atom stereocenters. The molecule has 4 nitrogen and oxygen atoms in total. The molecule has 0 aliphatic rings. The molecule has 48 valence electrons. The van der Waals surface area contributed by atoms with Gasteiger partial charge >= 0.3 is 5.63 Å². The van der Waals surface area contributed by atoms with E-state index >= 15 is 0 Å². The quantitative estimate of drug-likeness (QED) is 0.530. The van der Waals surface area contributed by atoms with E-state index in [2.05, 4.69) is 9.68 Å². The molecule has 1 rings (SSSR count). The number of H-pyrrole nitrogens is 1. The molecule has 0 aliphatic carbocycles. The van der Waals surface area contributed by atoms with Crippen LogP contribution in [0.25, 0.3) is 0 Å². The van der Waals surface area contributed by atoms with Crippen molar-refractivity contribution in [2.45, 2.75) is 6.92 Å². The zero-order chi connectivity index (χ0) is 6.85. The lowest BCUT2D eigenvalue weighted by Gasteiger charge is -1.77. The number of nitrogens with one attached hydrogen (secondary N) is 2. The highest BCUT2D eigenvalue weighted by molar-refractivity contribution is 5.77. The van der Waals surface area contributed by atoms with Gasteiger partial charge in [0.05, 0.1) is 5.69 Å². The summed E-state index contributed by atoms with van der Waals surface area (Å²) >= 11 is 0. The Labute approximate surface area is 51.0 Å². The molecule has 0 saturated carbocycles. The lowest BCUT2D eigenvalue weighted by atomic mass is 10.3. The molecule has 0 saturated heterocycles. The van der Waals surface area contributed by atoms with Crippen molar-refractivity contribution in [2.24, 2.45) is 0 Å². The highest BCUT2D eigenvalue weighted by atomic mass is 16.5. The first kappa shape index (κ1) is 5.81. The van der Waals surface area contributed by atoms with Crippen molar-refractivity contribution < 1.29 is 4.52 Å². The van der Waals surface area contributed by atoms with Crippen LogP contribution in [0.5, 0.6) is 0 Å². The van der Waals surface area contributed by atoms with Crippen LogP contribution in [-0.4, -0.2) is 11.4 Å².